The van der Waals surface area contributed by atoms with Gasteiger partial charge in [0, 0.05) is 41.5 Å². The summed E-state index contributed by atoms with van der Waals surface area (Å²) in [5.41, 5.74) is 1.92. The number of amides is 1. The Kier molecular flexibility index (Phi) is 7.77. The number of hydrogen-bond donors (Lipinski definition) is 1. The van der Waals surface area contributed by atoms with E-state index >= 15 is 0 Å². The highest BCUT2D eigenvalue weighted by atomic mass is 16.5. The molecule has 3 aromatic carbocycles. The van der Waals surface area contributed by atoms with Gasteiger partial charge in [-0.15, -0.1) is 0 Å². The number of ether oxygens (including phenoxy) is 2. The first kappa shape index (κ1) is 26.6. The van der Waals surface area contributed by atoms with Gasteiger partial charge in [0.1, 0.15) is 18.1 Å². The number of morpholine rings is 1. The molecule has 2 heterocycles. The number of anilines is 1. The van der Waals surface area contributed by atoms with Gasteiger partial charge in [-0.25, -0.2) is 4.68 Å². The van der Waals surface area contributed by atoms with Gasteiger partial charge in [-0.3, -0.25) is 14.5 Å². The van der Waals surface area contributed by atoms with Gasteiger partial charge in [-0.1, -0.05) is 63.2 Å². The highest BCUT2D eigenvalue weighted by Crippen LogP contribution is 2.32. The first-order chi connectivity index (χ1) is 18.8. The van der Waals surface area contributed by atoms with Crippen LogP contribution in [0.1, 0.15) is 37.0 Å². The van der Waals surface area contributed by atoms with Crippen LogP contribution in [0.5, 0.6) is 5.75 Å². The number of fused-ring (bicyclic) bond motifs is 1. The zero-order valence-electron chi connectivity index (χ0n) is 22.6. The van der Waals surface area contributed by atoms with E-state index in [0.29, 0.717) is 18.0 Å². The van der Waals surface area contributed by atoms with E-state index < -0.39 is 11.7 Å². The molecule has 0 aliphatic carbocycles. The van der Waals surface area contributed by atoms with Gasteiger partial charge in [-0.05, 0) is 30.3 Å². The molecule has 0 radical (unpaired) electrons. The third-order valence-corrected chi connectivity index (χ3v) is 6.82. The summed E-state index contributed by atoms with van der Waals surface area (Å²) in [4.78, 5) is 29.1. The Balaban J connectivity index is 1.37. The number of Topliss-reactive ketones (excluding diaryl/α,β-unsaturated/α-hetero) is 1. The third-order valence-electron chi connectivity index (χ3n) is 6.82. The van der Waals surface area contributed by atoms with Crippen LogP contribution in [-0.2, 0) is 14.9 Å². The molecule has 1 aliphatic rings. The maximum Gasteiger partial charge on any atom is 0.298 e. The molecule has 5 rings (SSSR count). The second-order valence-electron chi connectivity index (χ2n) is 10.7. The molecule has 1 N–H and O–H groups in total. The Bertz CT molecular complexity index is 1470. The molecule has 1 saturated heterocycles. The van der Waals surface area contributed by atoms with Crippen molar-refractivity contribution in [3.63, 3.8) is 0 Å². The Morgan fingerprint density at radius 1 is 0.949 bits per heavy atom. The van der Waals surface area contributed by atoms with Crippen molar-refractivity contribution in [3.8, 4) is 11.4 Å². The molecule has 1 aromatic heterocycles. The second kappa shape index (κ2) is 11.4. The zero-order valence-corrected chi connectivity index (χ0v) is 22.6. The summed E-state index contributed by atoms with van der Waals surface area (Å²) >= 11 is 0. The summed E-state index contributed by atoms with van der Waals surface area (Å²) in [7, 11) is 0. The minimum atomic E-state index is -0.723. The molecule has 0 saturated carbocycles. The first-order valence-corrected chi connectivity index (χ1v) is 13.3. The number of benzene rings is 3. The van der Waals surface area contributed by atoms with Gasteiger partial charge in [0.15, 0.2) is 0 Å². The van der Waals surface area contributed by atoms with E-state index in [1.807, 2.05) is 81.4 Å². The molecular formula is C31H34N4O4. The van der Waals surface area contributed by atoms with E-state index in [4.69, 9.17) is 9.47 Å². The zero-order chi connectivity index (χ0) is 27.4. The Labute approximate surface area is 228 Å². The predicted molar refractivity (Wildman–Crippen MR) is 152 cm³/mol. The number of carbonyl (C=O) groups excluding carboxylic acids is 2. The van der Waals surface area contributed by atoms with E-state index in [1.54, 1.807) is 16.8 Å². The standard InChI is InChI=1S/C31H34N4O4/c1-31(2,3)28-21-26(35(33-28)22-9-5-4-6-10-22)29(36)30(37)32-25-13-14-27(24-12-8-7-11-23(24)25)39-20-17-34-15-18-38-19-16-34/h4-14,21H,15-20H2,1-3H3,(H,32,37). The molecule has 1 aliphatic heterocycles. The molecule has 202 valence electrons. The summed E-state index contributed by atoms with van der Waals surface area (Å²) in [6.07, 6.45) is 0. The van der Waals surface area contributed by atoms with Crippen molar-refractivity contribution in [2.24, 2.45) is 0 Å². The summed E-state index contributed by atoms with van der Waals surface area (Å²) in [6, 6.07) is 22.4. The molecular weight excluding hydrogens is 492 g/mol. The normalized spacial score (nSPS) is 14.3. The molecule has 0 atom stereocenters. The average molecular weight is 527 g/mol. The monoisotopic (exact) mass is 526 g/mol. The summed E-state index contributed by atoms with van der Waals surface area (Å²) in [5.74, 6) is -0.643. The molecule has 0 spiro atoms. The number of aromatic nitrogens is 2. The van der Waals surface area contributed by atoms with E-state index in [-0.39, 0.29) is 11.1 Å². The van der Waals surface area contributed by atoms with Crippen LogP contribution in [0, 0.1) is 0 Å². The molecule has 0 bridgehead atoms. The Morgan fingerprint density at radius 2 is 1.64 bits per heavy atom. The summed E-state index contributed by atoms with van der Waals surface area (Å²) < 4.78 is 13.1. The number of nitrogens with zero attached hydrogens (tertiary/aromatic N) is 3. The number of carbonyl (C=O) groups is 2. The topological polar surface area (TPSA) is 85.7 Å². The minimum absolute atomic E-state index is 0.219. The van der Waals surface area contributed by atoms with Gasteiger partial charge in [0.2, 0.25) is 0 Å². The van der Waals surface area contributed by atoms with Crippen molar-refractivity contribution < 1.29 is 19.1 Å². The molecule has 0 unspecified atom stereocenters. The minimum Gasteiger partial charge on any atom is -0.492 e. The lowest BCUT2D eigenvalue weighted by Crippen LogP contribution is -2.38. The fraction of sp³-hybridized carbons (Fsp3) is 0.323. The lowest BCUT2D eigenvalue weighted by Gasteiger charge is -2.26. The van der Waals surface area contributed by atoms with Crippen molar-refractivity contribution in [3.05, 3.63) is 84.2 Å². The molecule has 39 heavy (non-hydrogen) atoms. The number of nitrogens with one attached hydrogen (secondary N) is 1. The molecule has 1 amide bonds. The summed E-state index contributed by atoms with van der Waals surface area (Å²) in [5, 5.41) is 9.18. The average Bonchev–Trinajstić information content (AvgIpc) is 3.41. The van der Waals surface area contributed by atoms with Crippen LogP contribution in [0.2, 0.25) is 0 Å². The first-order valence-electron chi connectivity index (χ1n) is 13.3. The van der Waals surface area contributed by atoms with Gasteiger partial charge in [-0.2, -0.15) is 5.10 Å². The van der Waals surface area contributed by atoms with Gasteiger partial charge in [0.25, 0.3) is 11.7 Å². The van der Waals surface area contributed by atoms with Crippen molar-refractivity contribution in [2.45, 2.75) is 26.2 Å². The molecule has 8 heteroatoms. The fourth-order valence-electron chi connectivity index (χ4n) is 4.59. The van der Waals surface area contributed by atoms with E-state index in [0.717, 1.165) is 55.1 Å². The lowest BCUT2D eigenvalue weighted by atomic mass is 9.92. The maximum atomic E-state index is 13.5. The molecule has 4 aromatic rings. The van der Waals surface area contributed by atoms with Crippen LogP contribution in [0.4, 0.5) is 5.69 Å². The van der Waals surface area contributed by atoms with E-state index in [9.17, 15) is 9.59 Å². The SMILES string of the molecule is CC(C)(C)c1cc(C(=O)C(=O)Nc2ccc(OCCN3CCOCC3)c3ccccc23)n(-c2ccccc2)n1. The van der Waals surface area contributed by atoms with Crippen molar-refractivity contribution in [1.29, 1.82) is 0 Å². The predicted octanol–water partition coefficient (Wildman–Crippen LogP) is 4.86. The smallest absolute Gasteiger partial charge is 0.298 e. The second-order valence-corrected chi connectivity index (χ2v) is 10.7. The maximum absolute atomic E-state index is 13.5. The Hall–Kier alpha value is -4.01. The van der Waals surface area contributed by atoms with Crippen LogP contribution in [-0.4, -0.2) is 65.8 Å². The summed E-state index contributed by atoms with van der Waals surface area (Å²) in [6.45, 7) is 10.7. The van der Waals surface area contributed by atoms with Gasteiger partial charge < -0.3 is 14.8 Å². The van der Waals surface area contributed by atoms with Crippen molar-refractivity contribution >= 4 is 28.2 Å². The van der Waals surface area contributed by atoms with Crippen LogP contribution in [0.3, 0.4) is 0 Å². The number of hydrogen-bond acceptors (Lipinski definition) is 6. The molecule has 1 fully saturated rings. The largest absolute Gasteiger partial charge is 0.492 e. The fourth-order valence-corrected chi connectivity index (χ4v) is 4.59. The molecule has 8 nitrogen and oxygen atoms in total. The van der Waals surface area contributed by atoms with E-state index in [1.165, 1.54) is 0 Å². The quantitative estimate of drug-likeness (QED) is 0.261. The lowest BCUT2D eigenvalue weighted by molar-refractivity contribution is -0.112. The van der Waals surface area contributed by atoms with Crippen molar-refractivity contribution in [1.82, 2.24) is 14.7 Å². The number of para-hydroxylation sites is 1. The highest BCUT2D eigenvalue weighted by molar-refractivity contribution is 6.46. The van der Waals surface area contributed by atoms with Crippen LogP contribution < -0.4 is 10.1 Å². The third kappa shape index (κ3) is 6.02. The van der Waals surface area contributed by atoms with Crippen LogP contribution in [0.25, 0.3) is 16.5 Å². The van der Waals surface area contributed by atoms with Crippen LogP contribution >= 0.6 is 0 Å². The van der Waals surface area contributed by atoms with E-state index in [2.05, 4.69) is 15.3 Å². The Morgan fingerprint density at radius 3 is 2.36 bits per heavy atom. The highest BCUT2D eigenvalue weighted by Gasteiger charge is 2.27. The number of ketones is 1. The number of rotatable bonds is 8. The van der Waals surface area contributed by atoms with Crippen LogP contribution in [0.15, 0.2) is 72.8 Å². The van der Waals surface area contributed by atoms with Gasteiger partial charge in [0.05, 0.1) is 24.6 Å². The van der Waals surface area contributed by atoms with Crippen molar-refractivity contribution in [2.75, 3.05) is 44.8 Å². The van der Waals surface area contributed by atoms with Gasteiger partial charge >= 0.3 is 0 Å².